The topological polar surface area (TPSA) is 93.0 Å². The van der Waals surface area contributed by atoms with E-state index in [4.69, 9.17) is 14.7 Å². The van der Waals surface area contributed by atoms with Crippen LogP contribution in [0.25, 0.3) is 11.1 Å². The Hall–Kier alpha value is -3.30. The van der Waals surface area contributed by atoms with Crippen molar-refractivity contribution in [3.05, 3.63) is 48.3 Å². The zero-order valence-corrected chi connectivity index (χ0v) is 14.4. The lowest BCUT2D eigenvalue weighted by Gasteiger charge is -2.14. The minimum absolute atomic E-state index is 0.0691. The van der Waals surface area contributed by atoms with Crippen LogP contribution >= 0.6 is 0 Å². The molecule has 0 spiro atoms. The first-order chi connectivity index (χ1) is 13.3. The molecule has 2 aromatic rings. The van der Waals surface area contributed by atoms with E-state index in [1.54, 1.807) is 24.3 Å². The second kappa shape index (κ2) is 8.15. The van der Waals surface area contributed by atoms with E-state index in [1.165, 1.54) is 6.07 Å². The minimum Gasteiger partial charge on any atom is -0.489 e. The number of nitrogens with one attached hydrogen (secondary N) is 1. The summed E-state index contributed by atoms with van der Waals surface area (Å²) in [5.74, 6) is 0.463. The predicted octanol–water partition coefficient (Wildman–Crippen LogP) is 3.56. The van der Waals surface area contributed by atoms with Gasteiger partial charge in [-0.1, -0.05) is 29.4 Å². The van der Waals surface area contributed by atoms with Crippen LogP contribution in [0, 0.1) is 0 Å². The van der Waals surface area contributed by atoms with Crippen LogP contribution in [0.15, 0.2) is 47.8 Å². The number of amides is 1. The van der Waals surface area contributed by atoms with Gasteiger partial charge in [-0.25, -0.2) is 4.79 Å². The number of carboxylic acid groups (broad SMARTS) is 1. The van der Waals surface area contributed by atoms with Crippen LogP contribution in [0.3, 0.4) is 0 Å². The number of oxime groups is 1. The Morgan fingerprint density at radius 1 is 1.29 bits per heavy atom. The molecule has 1 amide bonds. The molecule has 28 heavy (non-hydrogen) atoms. The average Bonchev–Trinajstić information content (AvgIpc) is 3.12. The second-order valence-electron chi connectivity index (χ2n) is 5.98. The number of nitrogens with zero attached hydrogens (tertiary/aromatic N) is 2. The maximum absolute atomic E-state index is 12.7. The summed E-state index contributed by atoms with van der Waals surface area (Å²) in [6.07, 6.45) is -4.48. The number of para-hydroxylation sites is 1. The molecule has 2 N–H and O–H groups in total. The van der Waals surface area contributed by atoms with Gasteiger partial charge in [0.05, 0.1) is 12.3 Å². The number of rotatable bonds is 6. The summed E-state index contributed by atoms with van der Waals surface area (Å²) < 4.78 is 43.8. The lowest BCUT2D eigenvalue weighted by atomic mass is 10.1. The van der Waals surface area contributed by atoms with Crippen LogP contribution in [0.1, 0.15) is 12.1 Å². The highest BCUT2D eigenvalue weighted by atomic mass is 19.4. The molecule has 0 saturated carbocycles. The molecular formula is C18H16F3N3O4. The van der Waals surface area contributed by atoms with Gasteiger partial charge >= 0.3 is 12.3 Å². The average molecular weight is 395 g/mol. The number of alkyl halides is 3. The molecule has 2 heterocycles. The second-order valence-corrected chi connectivity index (χ2v) is 5.98. The van der Waals surface area contributed by atoms with E-state index in [1.807, 2.05) is 0 Å². The Balaban J connectivity index is 1.63. The molecule has 148 valence electrons. The maximum Gasteiger partial charge on any atom is 0.433 e. The van der Waals surface area contributed by atoms with E-state index in [9.17, 15) is 18.0 Å². The lowest BCUT2D eigenvalue weighted by Crippen LogP contribution is -2.28. The maximum atomic E-state index is 12.7. The van der Waals surface area contributed by atoms with Gasteiger partial charge in [0, 0.05) is 23.7 Å². The molecule has 1 aliphatic rings. The number of ether oxygens (including phenoxy) is 1. The van der Waals surface area contributed by atoms with Gasteiger partial charge < -0.3 is 20.0 Å². The normalized spacial score (nSPS) is 16.2. The fraction of sp³-hybridized carbons (Fsp3) is 0.278. The molecule has 3 rings (SSSR count). The van der Waals surface area contributed by atoms with Gasteiger partial charge in [0.2, 0.25) is 0 Å². The smallest absolute Gasteiger partial charge is 0.433 e. The van der Waals surface area contributed by atoms with E-state index in [-0.39, 0.29) is 19.3 Å². The van der Waals surface area contributed by atoms with E-state index in [0.717, 1.165) is 12.3 Å². The van der Waals surface area contributed by atoms with Crippen molar-refractivity contribution in [2.24, 2.45) is 5.16 Å². The predicted molar refractivity (Wildman–Crippen MR) is 93.1 cm³/mol. The molecule has 0 bridgehead atoms. The Kier molecular flexibility index (Phi) is 5.67. The van der Waals surface area contributed by atoms with Crippen LogP contribution in [-0.2, 0) is 11.0 Å². The molecule has 0 aliphatic carbocycles. The largest absolute Gasteiger partial charge is 0.489 e. The summed E-state index contributed by atoms with van der Waals surface area (Å²) in [7, 11) is 0. The molecule has 1 atom stereocenters. The first kappa shape index (κ1) is 19.5. The molecule has 1 aliphatic heterocycles. The molecule has 0 fully saturated rings. The summed E-state index contributed by atoms with van der Waals surface area (Å²) in [5.41, 5.74) is 0.666. The highest BCUT2D eigenvalue weighted by Gasteiger charge is 2.32. The van der Waals surface area contributed by atoms with Crippen molar-refractivity contribution in [2.75, 3.05) is 13.2 Å². The summed E-state index contributed by atoms with van der Waals surface area (Å²) in [6, 6.07) is 9.14. The Morgan fingerprint density at radius 2 is 2.07 bits per heavy atom. The van der Waals surface area contributed by atoms with E-state index < -0.39 is 18.0 Å². The summed E-state index contributed by atoms with van der Waals surface area (Å²) in [6.45, 7) is 0.213. The summed E-state index contributed by atoms with van der Waals surface area (Å²) in [4.78, 5) is 19.2. The minimum atomic E-state index is -4.50. The van der Waals surface area contributed by atoms with E-state index in [0.29, 0.717) is 29.0 Å². The third-order valence-electron chi connectivity index (χ3n) is 3.91. The number of hydrogen-bond acceptors (Lipinski definition) is 5. The third kappa shape index (κ3) is 4.90. The van der Waals surface area contributed by atoms with Crippen molar-refractivity contribution in [3.63, 3.8) is 0 Å². The van der Waals surface area contributed by atoms with Crippen LogP contribution in [0.4, 0.5) is 18.0 Å². The Bertz CT molecular complexity index is 869. The number of carbonyl (C=O) groups is 1. The van der Waals surface area contributed by atoms with Gasteiger partial charge in [0.15, 0.2) is 6.10 Å². The number of halogens is 3. The fourth-order valence-corrected chi connectivity index (χ4v) is 2.59. The standard InChI is InChI=1S/C18H16F3N3O4/c19-18(20,21)16-6-5-11(8-22-16)14-3-1-2-4-15(14)27-10-13-7-12(24-28-13)9-23-17(25)26/h1-6,8,13,23H,7,9-10H2,(H,25,26). The van der Waals surface area contributed by atoms with Gasteiger partial charge in [-0.3, -0.25) is 4.98 Å². The van der Waals surface area contributed by atoms with Crippen LogP contribution in [0.5, 0.6) is 5.75 Å². The number of pyridine rings is 1. The Morgan fingerprint density at radius 3 is 2.75 bits per heavy atom. The fourth-order valence-electron chi connectivity index (χ4n) is 2.59. The molecule has 1 unspecified atom stereocenters. The van der Waals surface area contributed by atoms with E-state index in [2.05, 4.69) is 15.5 Å². The lowest BCUT2D eigenvalue weighted by molar-refractivity contribution is -0.141. The number of aromatic nitrogens is 1. The SMILES string of the molecule is O=C(O)NCC1=NOC(COc2ccccc2-c2ccc(C(F)(F)F)nc2)C1. The van der Waals surface area contributed by atoms with Crippen molar-refractivity contribution in [1.29, 1.82) is 0 Å². The Labute approximate surface area is 157 Å². The van der Waals surface area contributed by atoms with Crippen molar-refractivity contribution in [3.8, 4) is 16.9 Å². The zero-order chi connectivity index (χ0) is 20.1. The van der Waals surface area contributed by atoms with Crippen LogP contribution in [-0.4, -0.2) is 41.2 Å². The molecule has 1 aromatic carbocycles. The van der Waals surface area contributed by atoms with Crippen molar-refractivity contribution in [2.45, 2.75) is 18.7 Å². The monoisotopic (exact) mass is 395 g/mol. The summed E-state index contributed by atoms with van der Waals surface area (Å²) in [5, 5.41) is 14.6. The molecule has 0 radical (unpaired) electrons. The molecule has 10 heteroatoms. The first-order valence-corrected chi connectivity index (χ1v) is 8.27. The van der Waals surface area contributed by atoms with Crippen molar-refractivity contribution < 1.29 is 32.6 Å². The van der Waals surface area contributed by atoms with Gasteiger partial charge in [-0.05, 0) is 12.1 Å². The third-order valence-corrected chi connectivity index (χ3v) is 3.91. The molecule has 0 saturated heterocycles. The quantitative estimate of drug-likeness (QED) is 0.780. The van der Waals surface area contributed by atoms with Crippen molar-refractivity contribution in [1.82, 2.24) is 10.3 Å². The highest BCUT2D eigenvalue weighted by molar-refractivity contribution is 5.89. The zero-order valence-electron chi connectivity index (χ0n) is 14.4. The molecule has 7 nitrogen and oxygen atoms in total. The van der Waals surface area contributed by atoms with Crippen LogP contribution in [0.2, 0.25) is 0 Å². The number of benzene rings is 1. The molecule has 1 aromatic heterocycles. The van der Waals surface area contributed by atoms with Gasteiger partial charge in [0.1, 0.15) is 18.1 Å². The highest BCUT2D eigenvalue weighted by Crippen LogP contribution is 2.32. The van der Waals surface area contributed by atoms with Gasteiger partial charge in [0.25, 0.3) is 0 Å². The first-order valence-electron chi connectivity index (χ1n) is 8.27. The van der Waals surface area contributed by atoms with Gasteiger partial charge in [-0.15, -0.1) is 0 Å². The van der Waals surface area contributed by atoms with Gasteiger partial charge in [-0.2, -0.15) is 13.2 Å². The van der Waals surface area contributed by atoms with Crippen molar-refractivity contribution >= 4 is 11.8 Å². The summed E-state index contributed by atoms with van der Waals surface area (Å²) >= 11 is 0. The molecular weight excluding hydrogens is 379 g/mol. The van der Waals surface area contributed by atoms with E-state index >= 15 is 0 Å². The number of hydrogen-bond donors (Lipinski definition) is 2. The van der Waals surface area contributed by atoms with Crippen LogP contribution < -0.4 is 10.1 Å².